The van der Waals surface area contributed by atoms with E-state index in [0.717, 1.165) is 24.9 Å². The van der Waals surface area contributed by atoms with Gasteiger partial charge in [0.1, 0.15) is 5.82 Å². The minimum Gasteiger partial charge on any atom is -0.357 e. The molecule has 0 bridgehead atoms. The predicted molar refractivity (Wildman–Crippen MR) is 114 cm³/mol. The van der Waals surface area contributed by atoms with Gasteiger partial charge in [0.05, 0.1) is 5.56 Å². The van der Waals surface area contributed by atoms with Crippen LogP contribution in [-0.2, 0) is 0 Å². The number of nitrogens with one attached hydrogen (secondary N) is 1. The SMILES string of the molecule is CC1CCCN1C1CCN(c2ccc(C(=O)Nc3cccc(Cl)c3)cn2)CC1. The highest BCUT2D eigenvalue weighted by Crippen LogP contribution is 2.27. The van der Waals surface area contributed by atoms with Gasteiger partial charge in [-0.2, -0.15) is 0 Å². The molecule has 0 radical (unpaired) electrons. The van der Waals surface area contributed by atoms with Gasteiger partial charge in [-0.05, 0) is 69.5 Å². The lowest BCUT2D eigenvalue weighted by Crippen LogP contribution is -2.46. The smallest absolute Gasteiger partial charge is 0.257 e. The van der Waals surface area contributed by atoms with Crippen LogP contribution in [-0.4, -0.2) is 47.5 Å². The number of piperidine rings is 1. The van der Waals surface area contributed by atoms with E-state index >= 15 is 0 Å². The molecule has 4 rings (SSSR count). The molecule has 0 saturated carbocycles. The Balaban J connectivity index is 1.34. The van der Waals surface area contributed by atoms with Gasteiger partial charge >= 0.3 is 0 Å². The van der Waals surface area contributed by atoms with E-state index in [-0.39, 0.29) is 5.91 Å². The lowest BCUT2D eigenvalue weighted by molar-refractivity contribution is 0.102. The summed E-state index contributed by atoms with van der Waals surface area (Å²) < 4.78 is 0. The Hall–Kier alpha value is -2.11. The Morgan fingerprint density at radius 3 is 2.61 bits per heavy atom. The molecule has 1 aromatic heterocycles. The summed E-state index contributed by atoms with van der Waals surface area (Å²) in [6.45, 7) is 5.65. The van der Waals surface area contributed by atoms with Crippen LogP contribution in [0.15, 0.2) is 42.6 Å². The molecular weight excluding hydrogens is 372 g/mol. The highest BCUT2D eigenvalue weighted by Gasteiger charge is 2.30. The summed E-state index contributed by atoms with van der Waals surface area (Å²) in [7, 11) is 0. The van der Waals surface area contributed by atoms with Gasteiger partial charge in [-0.3, -0.25) is 9.69 Å². The largest absolute Gasteiger partial charge is 0.357 e. The van der Waals surface area contributed by atoms with E-state index in [1.165, 1.54) is 32.2 Å². The number of benzene rings is 1. The second-order valence-electron chi connectivity index (χ2n) is 7.82. The van der Waals surface area contributed by atoms with Crippen molar-refractivity contribution in [2.75, 3.05) is 29.9 Å². The summed E-state index contributed by atoms with van der Waals surface area (Å²) >= 11 is 5.97. The van der Waals surface area contributed by atoms with E-state index in [0.29, 0.717) is 22.3 Å². The lowest BCUT2D eigenvalue weighted by Gasteiger charge is -2.39. The first-order valence-corrected chi connectivity index (χ1v) is 10.5. The van der Waals surface area contributed by atoms with Crippen molar-refractivity contribution >= 4 is 29.0 Å². The molecular formula is C22H27ClN4O. The normalized spacial score (nSPS) is 21.1. The maximum absolute atomic E-state index is 12.4. The standard InChI is InChI=1S/C22H27ClN4O/c1-16-4-3-11-27(16)20-9-12-26(13-10-20)21-8-7-17(15-24-21)22(28)25-19-6-2-5-18(23)14-19/h2,5-8,14-16,20H,3-4,9-13H2,1H3,(H,25,28). The lowest BCUT2D eigenvalue weighted by atomic mass is 10.0. The van der Waals surface area contributed by atoms with E-state index in [2.05, 4.69) is 27.0 Å². The van der Waals surface area contributed by atoms with E-state index in [1.807, 2.05) is 24.3 Å². The molecule has 1 atom stereocenters. The molecule has 0 aliphatic carbocycles. The molecule has 2 saturated heterocycles. The fraction of sp³-hybridized carbons (Fsp3) is 0.455. The van der Waals surface area contributed by atoms with Crippen molar-refractivity contribution in [2.24, 2.45) is 0 Å². The molecule has 6 heteroatoms. The second-order valence-corrected chi connectivity index (χ2v) is 8.25. The molecule has 2 aliphatic heterocycles. The van der Waals surface area contributed by atoms with Crippen molar-refractivity contribution in [1.82, 2.24) is 9.88 Å². The first kappa shape index (κ1) is 19.2. The summed E-state index contributed by atoms with van der Waals surface area (Å²) in [5.41, 5.74) is 1.23. The number of likely N-dealkylation sites (tertiary alicyclic amines) is 1. The average Bonchev–Trinajstić information content (AvgIpc) is 3.14. The molecule has 3 heterocycles. The Morgan fingerprint density at radius 2 is 1.96 bits per heavy atom. The fourth-order valence-electron chi connectivity index (χ4n) is 4.40. The van der Waals surface area contributed by atoms with Gasteiger partial charge in [-0.15, -0.1) is 0 Å². The summed E-state index contributed by atoms with van der Waals surface area (Å²) in [5.74, 6) is 0.773. The van der Waals surface area contributed by atoms with Crippen molar-refractivity contribution in [3.63, 3.8) is 0 Å². The van der Waals surface area contributed by atoms with Crippen molar-refractivity contribution in [2.45, 2.75) is 44.7 Å². The van der Waals surface area contributed by atoms with Crippen molar-refractivity contribution < 1.29 is 4.79 Å². The van der Waals surface area contributed by atoms with Crippen LogP contribution in [0, 0.1) is 0 Å². The van der Waals surface area contributed by atoms with Crippen LogP contribution in [0.2, 0.25) is 5.02 Å². The zero-order valence-electron chi connectivity index (χ0n) is 16.3. The average molecular weight is 399 g/mol. The molecule has 148 valence electrons. The fourth-order valence-corrected chi connectivity index (χ4v) is 4.59. The summed E-state index contributed by atoms with van der Waals surface area (Å²) in [6.07, 6.45) is 6.69. The highest BCUT2D eigenvalue weighted by atomic mass is 35.5. The molecule has 1 unspecified atom stereocenters. The number of aromatic nitrogens is 1. The van der Waals surface area contributed by atoms with E-state index in [9.17, 15) is 4.79 Å². The Bertz CT molecular complexity index is 818. The van der Waals surface area contributed by atoms with Gasteiger partial charge in [0.15, 0.2) is 0 Å². The highest BCUT2D eigenvalue weighted by molar-refractivity contribution is 6.30. The molecule has 1 amide bonds. The molecule has 0 spiro atoms. The maximum atomic E-state index is 12.4. The second kappa shape index (κ2) is 8.50. The van der Waals surface area contributed by atoms with Crippen molar-refractivity contribution in [3.05, 3.63) is 53.2 Å². The van der Waals surface area contributed by atoms with E-state index in [1.54, 1.807) is 18.3 Å². The van der Waals surface area contributed by atoms with Gasteiger partial charge in [-0.25, -0.2) is 4.98 Å². The molecule has 2 fully saturated rings. The number of rotatable bonds is 4. The van der Waals surface area contributed by atoms with Crippen molar-refractivity contribution in [3.8, 4) is 0 Å². The third-order valence-corrected chi connectivity index (χ3v) is 6.19. The Kier molecular flexibility index (Phi) is 5.83. The summed E-state index contributed by atoms with van der Waals surface area (Å²) in [6, 6.07) is 12.4. The molecule has 1 aromatic carbocycles. The maximum Gasteiger partial charge on any atom is 0.257 e. The number of nitrogens with zero attached hydrogens (tertiary/aromatic N) is 3. The quantitative estimate of drug-likeness (QED) is 0.827. The van der Waals surface area contributed by atoms with Crippen LogP contribution in [0.5, 0.6) is 0 Å². The number of halogens is 1. The van der Waals surface area contributed by atoms with Gasteiger partial charge in [0.25, 0.3) is 5.91 Å². The van der Waals surface area contributed by atoms with Crippen LogP contribution in [0.25, 0.3) is 0 Å². The number of pyridine rings is 1. The van der Waals surface area contributed by atoms with Gasteiger partial charge in [-0.1, -0.05) is 17.7 Å². The number of amides is 1. The Labute approximate surface area is 171 Å². The van der Waals surface area contributed by atoms with Crippen LogP contribution >= 0.6 is 11.6 Å². The zero-order chi connectivity index (χ0) is 19.5. The predicted octanol–water partition coefficient (Wildman–Crippen LogP) is 4.44. The first-order chi connectivity index (χ1) is 13.6. The van der Waals surface area contributed by atoms with Gasteiger partial charge in [0, 0.05) is 42.1 Å². The van der Waals surface area contributed by atoms with Crippen molar-refractivity contribution in [1.29, 1.82) is 0 Å². The van der Waals surface area contributed by atoms with Gasteiger partial charge in [0.2, 0.25) is 0 Å². The topological polar surface area (TPSA) is 48.5 Å². The molecule has 28 heavy (non-hydrogen) atoms. The van der Waals surface area contributed by atoms with E-state index in [4.69, 9.17) is 11.6 Å². The summed E-state index contributed by atoms with van der Waals surface area (Å²) in [5, 5.41) is 3.45. The minimum absolute atomic E-state index is 0.178. The van der Waals surface area contributed by atoms with Gasteiger partial charge < -0.3 is 10.2 Å². The molecule has 2 aliphatic rings. The molecule has 5 nitrogen and oxygen atoms in total. The number of carbonyl (C=O) groups excluding carboxylic acids is 1. The number of carbonyl (C=O) groups is 1. The number of hydrogen-bond donors (Lipinski definition) is 1. The third kappa shape index (κ3) is 4.31. The van der Waals surface area contributed by atoms with Crippen LogP contribution in [0.4, 0.5) is 11.5 Å². The first-order valence-electron chi connectivity index (χ1n) is 10.1. The zero-order valence-corrected chi connectivity index (χ0v) is 17.0. The number of hydrogen-bond acceptors (Lipinski definition) is 4. The summed E-state index contributed by atoms with van der Waals surface area (Å²) in [4.78, 5) is 22.0. The van der Waals surface area contributed by atoms with Crippen LogP contribution < -0.4 is 10.2 Å². The monoisotopic (exact) mass is 398 g/mol. The Morgan fingerprint density at radius 1 is 1.14 bits per heavy atom. The van der Waals surface area contributed by atoms with Crippen LogP contribution in [0.3, 0.4) is 0 Å². The number of anilines is 2. The van der Waals surface area contributed by atoms with E-state index < -0.39 is 0 Å². The third-order valence-electron chi connectivity index (χ3n) is 5.95. The molecule has 2 aromatic rings. The molecule has 1 N–H and O–H groups in total. The minimum atomic E-state index is -0.178. The van der Waals surface area contributed by atoms with Crippen LogP contribution in [0.1, 0.15) is 43.0 Å².